The Morgan fingerprint density at radius 3 is 2.79 bits per heavy atom. The van der Waals surface area contributed by atoms with E-state index >= 15 is 0 Å². The van der Waals surface area contributed by atoms with Crippen molar-refractivity contribution in [2.24, 2.45) is 5.92 Å². The molecule has 0 aliphatic heterocycles. The summed E-state index contributed by atoms with van der Waals surface area (Å²) in [5.74, 6) is 2.30. The molecule has 4 nitrogen and oxygen atoms in total. The number of aryl methyl sites for hydroxylation is 1. The number of hydrogen-bond donors (Lipinski definition) is 1. The highest BCUT2D eigenvalue weighted by Gasteiger charge is 2.36. The topological polar surface area (TPSA) is 39.1 Å². The lowest BCUT2D eigenvalue weighted by Gasteiger charge is -2.38. The second-order valence-corrected chi connectivity index (χ2v) is 5.83. The zero-order valence-corrected chi connectivity index (χ0v) is 12.6. The van der Waals surface area contributed by atoms with Gasteiger partial charge in [-0.25, -0.2) is 0 Å². The van der Waals surface area contributed by atoms with Gasteiger partial charge in [0.2, 0.25) is 0 Å². The van der Waals surface area contributed by atoms with Crippen LogP contribution in [-0.4, -0.2) is 29.5 Å². The van der Waals surface area contributed by atoms with Crippen LogP contribution in [-0.2, 0) is 6.54 Å². The van der Waals surface area contributed by atoms with Crippen molar-refractivity contribution >= 4 is 0 Å². The largest absolute Gasteiger partial charge is 0.493 e. The van der Waals surface area contributed by atoms with Crippen LogP contribution in [0.1, 0.15) is 51.6 Å². The van der Waals surface area contributed by atoms with Crippen molar-refractivity contribution in [3.8, 4) is 5.75 Å². The molecule has 0 bridgehead atoms. The van der Waals surface area contributed by atoms with E-state index in [4.69, 9.17) is 4.74 Å². The van der Waals surface area contributed by atoms with Crippen molar-refractivity contribution in [2.75, 3.05) is 13.7 Å². The fraction of sp³-hybridized carbons (Fsp3) is 0.800. The molecule has 1 aliphatic rings. The fourth-order valence-electron chi connectivity index (χ4n) is 2.86. The molecule has 1 heterocycles. The van der Waals surface area contributed by atoms with E-state index in [2.05, 4.69) is 35.9 Å². The third-order valence-corrected chi connectivity index (χ3v) is 4.06. The number of aromatic nitrogens is 2. The molecule has 1 fully saturated rings. The lowest BCUT2D eigenvalue weighted by atomic mass is 9.71. The molecule has 19 heavy (non-hydrogen) atoms. The number of nitrogens with one attached hydrogen (secondary N) is 1. The van der Waals surface area contributed by atoms with E-state index in [1.165, 1.54) is 18.5 Å². The molecule has 0 saturated heterocycles. The summed E-state index contributed by atoms with van der Waals surface area (Å²) in [6.07, 6.45) is 5.55. The first-order valence-corrected chi connectivity index (χ1v) is 7.50. The summed E-state index contributed by atoms with van der Waals surface area (Å²) < 4.78 is 7.64. The molecule has 0 radical (unpaired) electrons. The second kappa shape index (κ2) is 6.42. The summed E-state index contributed by atoms with van der Waals surface area (Å²) in [7, 11) is 1.75. The summed E-state index contributed by atoms with van der Waals surface area (Å²) in [5, 5.41) is 8.04. The predicted octanol–water partition coefficient (Wildman–Crippen LogP) is 2.79. The number of nitrogens with zero attached hydrogens (tertiary/aromatic N) is 2. The predicted molar refractivity (Wildman–Crippen MR) is 77.7 cm³/mol. The highest BCUT2D eigenvalue weighted by molar-refractivity contribution is 5.31. The molecule has 1 aromatic rings. The normalized spacial score (nSPS) is 22.6. The quantitative estimate of drug-likeness (QED) is 0.824. The molecule has 0 aromatic carbocycles. The Bertz CT molecular complexity index is 400. The van der Waals surface area contributed by atoms with Gasteiger partial charge in [0.05, 0.1) is 19.0 Å². The van der Waals surface area contributed by atoms with Crippen molar-refractivity contribution in [1.29, 1.82) is 0 Å². The number of rotatable bonds is 7. The molecule has 108 valence electrons. The van der Waals surface area contributed by atoms with Gasteiger partial charge in [0.15, 0.2) is 5.75 Å². The van der Waals surface area contributed by atoms with E-state index in [1.54, 1.807) is 7.11 Å². The van der Waals surface area contributed by atoms with Crippen LogP contribution in [0, 0.1) is 5.92 Å². The molecule has 0 spiro atoms. The zero-order valence-electron chi connectivity index (χ0n) is 12.6. The third-order valence-electron chi connectivity index (χ3n) is 4.06. The Balaban J connectivity index is 2.09. The van der Waals surface area contributed by atoms with E-state index in [0.717, 1.165) is 31.2 Å². The lowest BCUT2D eigenvalue weighted by Crippen LogP contribution is -2.37. The van der Waals surface area contributed by atoms with Gasteiger partial charge >= 0.3 is 0 Å². The van der Waals surface area contributed by atoms with Gasteiger partial charge in [-0.2, -0.15) is 5.10 Å². The summed E-state index contributed by atoms with van der Waals surface area (Å²) >= 11 is 0. The van der Waals surface area contributed by atoms with Crippen LogP contribution in [0.25, 0.3) is 0 Å². The maximum atomic E-state index is 5.50. The molecular weight excluding hydrogens is 238 g/mol. The Hall–Kier alpha value is -1.03. The maximum Gasteiger partial charge on any atom is 0.160 e. The molecule has 1 aliphatic carbocycles. The van der Waals surface area contributed by atoms with Crippen molar-refractivity contribution in [1.82, 2.24) is 15.1 Å². The SMILES string of the molecule is CCCn1ncc(OC)c1C1CCC1CNC(C)C. The first-order valence-electron chi connectivity index (χ1n) is 7.50. The fourth-order valence-corrected chi connectivity index (χ4v) is 2.86. The highest BCUT2D eigenvalue weighted by Crippen LogP contribution is 2.45. The second-order valence-electron chi connectivity index (χ2n) is 5.83. The van der Waals surface area contributed by atoms with E-state index in [-0.39, 0.29) is 0 Å². The molecular formula is C15H27N3O. The molecule has 0 amide bonds. The maximum absolute atomic E-state index is 5.50. The highest BCUT2D eigenvalue weighted by atomic mass is 16.5. The minimum Gasteiger partial charge on any atom is -0.493 e. The van der Waals surface area contributed by atoms with E-state index in [0.29, 0.717) is 12.0 Å². The van der Waals surface area contributed by atoms with Gasteiger partial charge in [0, 0.05) is 18.5 Å². The Labute approximate surface area is 116 Å². The van der Waals surface area contributed by atoms with Crippen molar-refractivity contribution < 1.29 is 4.74 Å². The van der Waals surface area contributed by atoms with Crippen LogP contribution >= 0.6 is 0 Å². The summed E-state index contributed by atoms with van der Waals surface area (Å²) in [6.45, 7) is 8.68. The summed E-state index contributed by atoms with van der Waals surface area (Å²) in [5.41, 5.74) is 1.31. The van der Waals surface area contributed by atoms with Crippen LogP contribution in [0.3, 0.4) is 0 Å². The van der Waals surface area contributed by atoms with Gasteiger partial charge in [-0.1, -0.05) is 20.8 Å². The lowest BCUT2D eigenvalue weighted by molar-refractivity contribution is 0.223. The van der Waals surface area contributed by atoms with Crippen molar-refractivity contribution in [2.45, 2.75) is 58.5 Å². The van der Waals surface area contributed by atoms with Crippen molar-refractivity contribution in [3.05, 3.63) is 11.9 Å². The van der Waals surface area contributed by atoms with Gasteiger partial charge in [-0.05, 0) is 31.7 Å². The van der Waals surface area contributed by atoms with E-state index in [1.807, 2.05) is 6.20 Å². The van der Waals surface area contributed by atoms with Crippen LogP contribution < -0.4 is 10.1 Å². The zero-order chi connectivity index (χ0) is 13.8. The van der Waals surface area contributed by atoms with E-state index < -0.39 is 0 Å². The molecule has 4 heteroatoms. The van der Waals surface area contributed by atoms with Crippen LogP contribution in [0.2, 0.25) is 0 Å². The van der Waals surface area contributed by atoms with Gasteiger partial charge in [-0.3, -0.25) is 4.68 Å². The van der Waals surface area contributed by atoms with E-state index in [9.17, 15) is 0 Å². The molecule has 2 unspecified atom stereocenters. The molecule has 2 rings (SSSR count). The number of hydrogen-bond acceptors (Lipinski definition) is 3. The average Bonchev–Trinajstić information content (AvgIpc) is 2.71. The third kappa shape index (κ3) is 3.11. The minimum absolute atomic E-state index is 0.559. The Kier molecular flexibility index (Phi) is 4.86. The van der Waals surface area contributed by atoms with Crippen LogP contribution in [0.4, 0.5) is 0 Å². The molecule has 1 saturated carbocycles. The van der Waals surface area contributed by atoms with Crippen molar-refractivity contribution in [3.63, 3.8) is 0 Å². The number of ether oxygens (including phenoxy) is 1. The first-order chi connectivity index (χ1) is 9.17. The Morgan fingerprint density at radius 2 is 2.26 bits per heavy atom. The van der Waals surface area contributed by atoms with Gasteiger partial charge in [-0.15, -0.1) is 0 Å². The summed E-state index contributed by atoms with van der Waals surface area (Å²) in [6, 6.07) is 0.559. The summed E-state index contributed by atoms with van der Waals surface area (Å²) in [4.78, 5) is 0. The van der Waals surface area contributed by atoms with Gasteiger partial charge < -0.3 is 10.1 Å². The van der Waals surface area contributed by atoms with Crippen LogP contribution in [0.5, 0.6) is 5.75 Å². The van der Waals surface area contributed by atoms with Gasteiger partial charge in [0.1, 0.15) is 0 Å². The molecule has 1 aromatic heterocycles. The van der Waals surface area contributed by atoms with Gasteiger partial charge in [0.25, 0.3) is 0 Å². The smallest absolute Gasteiger partial charge is 0.160 e. The number of methoxy groups -OCH3 is 1. The van der Waals surface area contributed by atoms with Crippen LogP contribution in [0.15, 0.2) is 6.20 Å². The first kappa shape index (κ1) is 14.4. The minimum atomic E-state index is 0.559. The molecule has 1 N–H and O–H groups in total. The Morgan fingerprint density at radius 1 is 1.47 bits per heavy atom. The average molecular weight is 265 g/mol. The monoisotopic (exact) mass is 265 g/mol. The molecule has 2 atom stereocenters. The standard InChI is InChI=1S/C15H27N3O/c1-5-8-18-15(14(19-4)10-17-18)13-7-6-12(13)9-16-11(2)3/h10-13,16H,5-9H2,1-4H3.